The average molecular weight is 534 g/mol. The first kappa shape index (κ1) is 25.6. The van der Waals surface area contributed by atoms with Crippen molar-refractivity contribution in [2.24, 2.45) is 5.92 Å². The largest absolute Gasteiger partial charge is 0.338 e. The molecule has 0 unspecified atom stereocenters. The Bertz CT molecular complexity index is 1170. The van der Waals surface area contributed by atoms with Crippen LogP contribution in [-0.4, -0.2) is 63.6 Å². The van der Waals surface area contributed by atoms with E-state index >= 15 is 0 Å². The minimum Gasteiger partial charge on any atom is -0.338 e. The normalized spacial score (nSPS) is 23.9. The minimum absolute atomic E-state index is 0.180. The van der Waals surface area contributed by atoms with E-state index < -0.39 is 0 Å². The van der Waals surface area contributed by atoms with Gasteiger partial charge in [0.15, 0.2) is 0 Å². The summed E-state index contributed by atoms with van der Waals surface area (Å²) in [6, 6.07) is 15.2. The molecule has 38 heavy (non-hydrogen) atoms. The van der Waals surface area contributed by atoms with E-state index in [2.05, 4.69) is 9.80 Å². The van der Waals surface area contributed by atoms with E-state index in [0.717, 1.165) is 37.8 Å². The molecule has 0 N–H and O–H groups in total. The highest BCUT2D eigenvalue weighted by Crippen LogP contribution is 2.38. The molecule has 200 valence electrons. The number of hydrogen-bond acceptors (Lipinski definition) is 4. The number of carbonyl (C=O) groups excluding carboxylic acids is 3. The van der Waals surface area contributed by atoms with Gasteiger partial charge in [0.1, 0.15) is 0 Å². The van der Waals surface area contributed by atoms with Crippen molar-refractivity contribution in [1.29, 1.82) is 0 Å². The molecule has 6 rings (SSSR count). The summed E-state index contributed by atoms with van der Waals surface area (Å²) in [5, 5.41) is 0.696. The second-order valence-corrected chi connectivity index (χ2v) is 11.9. The number of rotatable bonds is 8. The Morgan fingerprint density at radius 1 is 0.895 bits per heavy atom. The van der Waals surface area contributed by atoms with Crippen molar-refractivity contribution in [2.45, 2.75) is 82.5 Å². The number of imide groups is 1. The van der Waals surface area contributed by atoms with E-state index in [-0.39, 0.29) is 30.3 Å². The number of carbonyl (C=O) groups is 3. The third-order valence-corrected chi connectivity index (χ3v) is 9.26. The molecule has 3 atom stereocenters. The lowest BCUT2D eigenvalue weighted by molar-refractivity contribution is -0.144. The molecule has 0 bridgehead atoms. The van der Waals surface area contributed by atoms with Crippen LogP contribution < -0.4 is 0 Å². The first-order valence-corrected chi connectivity index (χ1v) is 14.6. The molecule has 1 saturated heterocycles. The van der Waals surface area contributed by atoms with Crippen molar-refractivity contribution in [1.82, 2.24) is 14.7 Å². The lowest BCUT2D eigenvalue weighted by Gasteiger charge is -2.46. The van der Waals surface area contributed by atoms with Crippen molar-refractivity contribution in [3.05, 3.63) is 70.2 Å². The van der Waals surface area contributed by atoms with Gasteiger partial charge in [-0.25, -0.2) is 0 Å². The molecule has 2 aromatic rings. The second-order valence-electron chi connectivity index (χ2n) is 11.4. The molecule has 6 nitrogen and oxygen atoms in total. The summed E-state index contributed by atoms with van der Waals surface area (Å²) in [6.07, 6.45) is 9.59. The standard InChI is InChI=1S/C31H36ClN3O3/c32-23-13-11-21(12-14-23)20-35(24-15-16-24)28(31(38)33-18-5-7-22-6-1-4-10-27(22)33)17-19-34-29(36)25-8-2-3-9-26(25)30(34)37/h2-3,8-9,11-14,22,24,27-28H,1,4-7,10,15-20H2/t22-,27+,28-/m1/s1. The number of fused-ring (bicyclic) bond motifs is 2. The maximum Gasteiger partial charge on any atom is 0.261 e. The molecule has 2 heterocycles. The summed E-state index contributed by atoms with van der Waals surface area (Å²) in [6.45, 7) is 1.71. The van der Waals surface area contributed by atoms with Gasteiger partial charge in [-0.05, 0) is 80.7 Å². The Morgan fingerprint density at radius 2 is 1.55 bits per heavy atom. The summed E-state index contributed by atoms with van der Waals surface area (Å²) in [7, 11) is 0. The van der Waals surface area contributed by atoms with Crippen molar-refractivity contribution >= 4 is 29.3 Å². The second kappa shape index (κ2) is 10.8. The Morgan fingerprint density at radius 3 is 2.24 bits per heavy atom. The fraction of sp³-hybridized carbons (Fsp3) is 0.516. The van der Waals surface area contributed by atoms with Crippen LogP contribution in [0.2, 0.25) is 5.02 Å². The molecule has 3 fully saturated rings. The topological polar surface area (TPSA) is 60.9 Å². The van der Waals surface area contributed by atoms with Gasteiger partial charge in [0, 0.05) is 36.7 Å². The molecule has 0 aromatic heterocycles. The SMILES string of the molecule is O=C1c2ccccc2C(=O)N1CC[C@H](C(=O)N1CCC[C@H]2CCCC[C@@H]21)N(Cc1ccc(Cl)cc1)C1CC1. The van der Waals surface area contributed by atoms with Crippen LogP contribution in [0, 0.1) is 5.92 Å². The molecule has 2 aliphatic heterocycles. The van der Waals surface area contributed by atoms with E-state index in [1.54, 1.807) is 24.3 Å². The number of piperidine rings is 1. The van der Waals surface area contributed by atoms with Crippen molar-refractivity contribution < 1.29 is 14.4 Å². The Kier molecular flexibility index (Phi) is 7.28. The molecule has 4 aliphatic rings. The number of halogens is 1. The summed E-state index contributed by atoms with van der Waals surface area (Å²) in [4.78, 5) is 46.5. The van der Waals surface area contributed by atoms with Crippen LogP contribution in [0.1, 0.15) is 84.1 Å². The molecule has 0 spiro atoms. The Balaban J connectivity index is 1.27. The molecule has 2 saturated carbocycles. The van der Waals surface area contributed by atoms with E-state index in [1.165, 1.54) is 30.6 Å². The monoisotopic (exact) mass is 533 g/mol. The Labute approximate surface area is 229 Å². The van der Waals surface area contributed by atoms with Crippen LogP contribution in [0.3, 0.4) is 0 Å². The summed E-state index contributed by atoms with van der Waals surface area (Å²) < 4.78 is 0. The third-order valence-electron chi connectivity index (χ3n) is 9.01. The van der Waals surface area contributed by atoms with Gasteiger partial charge in [0.25, 0.3) is 11.8 Å². The zero-order chi connectivity index (χ0) is 26.2. The first-order valence-electron chi connectivity index (χ1n) is 14.3. The lowest BCUT2D eigenvalue weighted by Crippen LogP contribution is -2.57. The van der Waals surface area contributed by atoms with Gasteiger partial charge in [-0.3, -0.25) is 24.2 Å². The van der Waals surface area contributed by atoms with Gasteiger partial charge in [0.05, 0.1) is 17.2 Å². The van der Waals surface area contributed by atoms with E-state index in [9.17, 15) is 14.4 Å². The molecule has 2 aromatic carbocycles. The molecule has 0 radical (unpaired) electrons. The quantitative estimate of drug-likeness (QED) is 0.418. The maximum absolute atomic E-state index is 14.4. The smallest absolute Gasteiger partial charge is 0.261 e. The van der Waals surface area contributed by atoms with Gasteiger partial charge in [-0.15, -0.1) is 0 Å². The van der Waals surface area contributed by atoms with Gasteiger partial charge < -0.3 is 4.90 Å². The minimum atomic E-state index is -0.372. The fourth-order valence-corrected chi connectivity index (χ4v) is 7.04. The van der Waals surface area contributed by atoms with Crippen LogP contribution in [0.15, 0.2) is 48.5 Å². The molecule has 2 aliphatic carbocycles. The van der Waals surface area contributed by atoms with Crippen molar-refractivity contribution in [3.8, 4) is 0 Å². The molecular weight excluding hydrogens is 498 g/mol. The lowest BCUT2D eigenvalue weighted by atomic mass is 9.78. The van der Waals surface area contributed by atoms with Crippen molar-refractivity contribution in [2.75, 3.05) is 13.1 Å². The number of nitrogens with zero attached hydrogens (tertiary/aromatic N) is 3. The van der Waals surface area contributed by atoms with Crippen LogP contribution in [0.4, 0.5) is 0 Å². The zero-order valence-electron chi connectivity index (χ0n) is 21.9. The predicted molar refractivity (Wildman–Crippen MR) is 147 cm³/mol. The number of benzene rings is 2. The number of amides is 3. The van der Waals surface area contributed by atoms with E-state index in [4.69, 9.17) is 11.6 Å². The highest BCUT2D eigenvalue weighted by atomic mass is 35.5. The van der Waals surface area contributed by atoms with E-state index in [0.29, 0.717) is 47.1 Å². The predicted octanol–water partition coefficient (Wildman–Crippen LogP) is 5.54. The van der Waals surface area contributed by atoms with Gasteiger partial charge >= 0.3 is 0 Å². The average Bonchev–Trinajstić information content (AvgIpc) is 3.76. The van der Waals surface area contributed by atoms with Crippen LogP contribution in [-0.2, 0) is 11.3 Å². The third kappa shape index (κ3) is 5.01. The van der Waals surface area contributed by atoms with Gasteiger partial charge in [-0.1, -0.05) is 48.7 Å². The van der Waals surface area contributed by atoms with Crippen molar-refractivity contribution in [3.63, 3.8) is 0 Å². The fourth-order valence-electron chi connectivity index (χ4n) is 6.92. The molecular formula is C31H36ClN3O3. The number of likely N-dealkylation sites (tertiary alicyclic amines) is 1. The van der Waals surface area contributed by atoms with Crippen LogP contribution in [0.25, 0.3) is 0 Å². The van der Waals surface area contributed by atoms with E-state index in [1.807, 2.05) is 24.3 Å². The maximum atomic E-state index is 14.4. The van der Waals surface area contributed by atoms with Crippen LogP contribution in [0.5, 0.6) is 0 Å². The highest BCUT2D eigenvalue weighted by Gasteiger charge is 2.44. The van der Waals surface area contributed by atoms with Crippen LogP contribution >= 0.6 is 11.6 Å². The Hall–Kier alpha value is -2.70. The summed E-state index contributed by atoms with van der Waals surface area (Å²) in [5.41, 5.74) is 2.04. The summed E-state index contributed by atoms with van der Waals surface area (Å²) in [5.74, 6) is 0.277. The van der Waals surface area contributed by atoms with Gasteiger partial charge in [0.2, 0.25) is 5.91 Å². The summed E-state index contributed by atoms with van der Waals surface area (Å²) >= 11 is 6.15. The molecule has 7 heteroatoms. The first-order chi connectivity index (χ1) is 18.5. The molecule has 3 amide bonds. The highest BCUT2D eigenvalue weighted by molar-refractivity contribution is 6.30. The number of hydrogen-bond donors (Lipinski definition) is 0. The van der Waals surface area contributed by atoms with Gasteiger partial charge in [-0.2, -0.15) is 0 Å². The zero-order valence-corrected chi connectivity index (χ0v) is 22.6.